The molecule has 1 heterocycles. The highest BCUT2D eigenvalue weighted by atomic mass is 16.6. The minimum atomic E-state index is -0.370. The maximum atomic E-state index is 13.1. The minimum absolute atomic E-state index is 0.0719. The van der Waals surface area contributed by atoms with E-state index < -0.39 is 0 Å². The molecule has 0 N–H and O–H groups in total. The average Bonchev–Trinajstić information content (AvgIpc) is 3.30. The predicted molar refractivity (Wildman–Crippen MR) is 138 cm³/mol. The van der Waals surface area contributed by atoms with Crippen molar-refractivity contribution in [1.82, 2.24) is 9.80 Å². The molecule has 0 radical (unpaired) electrons. The molecule has 2 unspecified atom stereocenters. The highest BCUT2D eigenvalue weighted by Crippen LogP contribution is 2.37. The second-order valence-electron chi connectivity index (χ2n) is 10.0. The van der Waals surface area contributed by atoms with Gasteiger partial charge in [-0.15, -0.1) is 0 Å². The summed E-state index contributed by atoms with van der Waals surface area (Å²) < 4.78 is 10.7. The topological polar surface area (TPSA) is 85.2 Å². The number of rotatable bonds is 10. The molecule has 1 amide bonds. The van der Waals surface area contributed by atoms with E-state index in [-0.39, 0.29) is 41.0 Å². The van der Waals surface area contributed by atoms with Crippen LogP contribution in [0.5, 0.6) is 5.75 Å². The maximum Gasteiger partial charge on any atom is 0.269 e. The van der Waals surface area contributed by atoms with Crippen molar-refractivity contribution >= 4 is 11.6 Å². The summed E-state index contributed by atoms with van der Waals surface area (Å²) in [5, 5.41) is 11.0. The van der Waals surface area contributed by atoms with Gasteiger partial charge >= 0.3 is 0 Å². The molecule has 0 bridgehead atoms. The number of nitrogens with zero attached hydrogens (tertiary/aromatic N) is 3. The van der Waals surface area contributed by atoms with Crippen LogP contribution in [0.1, 0.15) is 49.1 Å². The van der Waals surface area contributed by atoms with Gasteiger partial charge in [-0.25, -0.2) is 0 Å². The van der Waals surface area contributed by atoms with Crippen molar-refractivity contribution in [1.29, 1.82) is 0 Å². The summed E-state index contributed by atoms with van der Waals surface area (Å²) in [5.41, 5.74) is 2.37. The molecule has 0 aromatic heterocycles. The summed E-state index contributed by atoms with van der Waals surface area (Å²) in [6, 6.07) is 15.3. The summed E-state index contributed by atoms with van der Waals surface area (Å²) in [7, 11) is 3.26. The van der Waals surface area contributed by atoms with E-state index in [0.29, 0.717) is 13.1 Å². The highest BCUT2D eigenvalue weighted by molar-refractivity contribution is 5.77. The Bertz CT molecular complexity index is 1020. The van der Waals surface area contributed by atoms with Gasteiger partial charge in [-0.05, 0) is 42.0 Å². The molecule has 2 aromatic rings. The lowest BCUT2D eigenvalue weighted by atomic mass is 9.87. The fraction of sp³-hybridized carbons (Fsp3) is 0.536. The Kier molecular flexibility index (Phi) is 8.93. The lowest BCUT2D eigenvalue weighted by molar-refractivity contribution is -0.384. The van der Waals surface area contributed by atoms with Crippen molar-refractivity contribution in [3.63, 3.8) is 0 Å². The Morgan fingerprint density at radius 3 is 2.50 bits per heavy atom. The molecular weight excluding hydrogens is 458 g/mol. The SMILES string of the molecule is COCC(=O)N(CC1CN(Cc2ccc([N+](=O)[O-])cc2)CC1c1cccc(OC)c1)C1CCCCC1. The number of nitro benzene ring substituents is 1. The molecule has 36 heavy (non-hydrogen) atoms. The van der Waals surface area contributed by atoms with Crippen LogP contribution in [-0.4, -0.2) is 67.1 Å². The number of benzene rings is 2. The second kappa shape index (κ2) is 12.3. The fourth-order valence-electron chi connectivity index (χ4n) is 5.81. The van der Waals surface area contributed by atoms with E-state index in [1.165, 1.54) is 12.0 Å². The first kappa shape index (κ1) is 26.1. The van der Waals surface area contributed by atoms with Gasteiger partial charge < -0.3 is 14.4 Å². The fourth-order valence-corrected chi connectivity index (χ4v) is 5.81. The molecule has 1 saturated heterocycles. The van der Waals surface area contributed by atoms with E-state index in [9.17, 15) is 14.9 Å². The minimum Gasteiger partial charge on any atom is -0.497 e. The predicted octanol–water partition coefficient (Wildman–Crippen LogP) is 4.63. The van der Waals surface area contributed by atoms with Gasteiger partial charge in [0.05, 0.1) is 12.0 Å². The summed E-state index contributed by atoms with van der Waals surface area (Å²) in [6.45, 7) is 3.23. The number of ether oxygens (including phenoxy) is 2. The Morgan fingerprint density at radius 2 is 1.83 bits per heavy atom. The zero-order valence-electron chi connectivity index (χ0n) is 21.3. The summed E-state index contributed by atoms with van der Waals surface area (Å²) in [4.78, 5) is 28.3. The molecule has 8 heteroatoms. The van der Waals surface area contributed by atoms with E-state index in [1.54, 1.807) is 26.4 Å². The molecule has 2 atom stereocenters. The first-order chi connectivity index (χ1) is 17.5. The van der Waals surface area contributed by atoms with Gasteiger partial charge in [-0.3, -0.25) is 19.8 Å². The summed E-state index contributed by atoms with van der Waals surface area (Å²) in [5.74, 6) is 1.42. The number of methoxy groups -OCH3 is 2. The Morgan fingerprint density at radius 1 is 1.08 bits per heavy atom. The molecule has 4 rings (SSSR count). The molecular formula is C28H37N3O5. The van der Waals surface area contributed by atoms with Crippen molar-refractivity contribution in [2.45, 2.75) is 50.6 Å². The van der Waals surface area contributed by atoms with Crippen LogP contribution in [0.15, 0.2) is 48.5 Å². The number of hydrogen-bond donors (Lipinski definition) is 0. The van der Waals surface area contributed by atoms with Crippen molar-refractivity contribution in [2.24, 2.45) is 5.92 Å². The van der Waals surface area contributed by atoms with E-state index in [1.807, 2.05) is 24.3 Å². The van der Waals surface area contributed by atoms with Crippen molar-refractivity contribution in [3.8, 4) is 5.75 Å². The van der Waals surface area contributed by atoms with Gasteiger partial charge in [0.25, 0.3) is 5.69 Å². The second-order valence-corrected chi connectivity index (χ2v) is 10.0. The van der Waals surface area contributed by atoms with Crippen LogP contribution in [0.25, 0.3) is 0 Å². The zero-order chi connectivity index (χ0) is 25.5. The molecule has 194 valence electrons. The third kappa shape index (κ3) is 6.42. The number of likely N-dealkylation sites (tertiary alicyclic amines) is 1. The van der Waals surface area contributed by atoms with Gasteiger partial charge in [0.15, 0.2) is 0 Å². The van der Waals surface area contributed by atoms with E-state index in [0.717, 1.165) is 50.1 Å². The first-order valence-electron chi connectivity index (χ1n) is 12.9. The third-order valence-electron chi connectivity index (χ3n) is 7.63. The first-order valence-corrected chi connectivity index (χ1v) is 12.9. The lowest BCUT2D eigenvalue weighted by Crippen LogP contribution is -2.46. The van der Waals surface area contributed by atoms with Gasteiger partial charge in [-0.1, -0.05) is 43.5 Å². The van der Waals surface area contributed by atoms with Crippen molar-refractivity contribution in [2.75, 3.05) is 40.5 Å². The molecule has 1 saturated carbocycles. The standard InChI is InChI=1S/C28H37N3O5/c1-35-20-28(32)30(24-8-4-3-5-9-24)18-23-17-29(16-21-11-13-25(14-12-21)31(33)34)19-27(23)22-7-6-10-26(15-22)36-2/h6-7,10-15,23-24,27H,3-5,8-9,16-20H2,1-2H3. The Balaban J connectivity index is 1.56. The van der Waals surface area contributed by atoms with Gasteiger partial charge in [0, 0.05) is 57.4 Å². The number of non-ortho nitro benzene ring substituents is 1. The van der Waals surface area contributed by atoms with Crippen LogP contribution in [0, 0.1) is 16.0 Å². The Labute approximate surface area is 213 Å². The monoisotopic (exact) mass is 495 g/mol. The quantitative estimate of drug-likeness (QED) is 0.353. The van der Waals surface area contributed by atoms with Crippen LogP contribution in [-0.2, 0) is 16.1 Å². The maximum absolute atomic E-state index is 13.1. The number of amides is 1. The van der Waals surface area contributed by atoms with Gasteiger partial charge in [0.1, 0.15) is 12.4 Å². The van der Waals surface area contributed by atoms with E-state index >= 15 is 0 Å². The largest absolute Gasteiger partial charge is 0.497 e. The van der Waals surface area contributed by atoms with Crippen LogP contribution in [0.3, 0.4) is 0 Å². The molecule has 8 nitrogen and oxygen atoms in total. The summed E-state index contributed by atoms with van der Waals surface area (Å²) in [6.07, 6.45) is 5.67. The van der Waals surface area contributed by atoms with Crippen LogP contribution >= 0.6 is 0 Å². The Hall–Kier alpha value is -2.97. The van der Waals surface area contributed by atoms with E-state index in [2.05, 4.69) is 21.9 Å². The van der Waals surface area contributed by atoms with Crippen LogP contribution in [0.4, 0.5) is 5.69 Å². The lowest BCUT2D eigenvalue weighted by Gasteiger charge is -2.37. The third-order valence-corrected chi connectivity index (χ3v) is 7.63. The molecule has 0 spiro atoms. The number of carbonyl (C=O) groups excluding carboxylic acids is 1. The summed E-state index contributed by atoms with van der Waals surface area (Å²) >= 11 is 0. The number of nitro groups is 1. The zero-order valence-corrected chi connectivity index (χ0v) is 21.3. The van der Waals surface area contributed by atoms with Crippen molar-refractivity contribution < 1.29 is 19.2 Å². The van der Waals surface area contributed by atoms with Crippen LogP contribution in [0.2, 0.25) is 0 Å². The van der Waals surface area contributed by atoms with Gasteiger partial charge in [0.2, 0.25) is 5.91 Å². The number of carbonyl (C=O) groups is 1. The highest BCUT2D eigenvalue weighted by Gasteiger charge is 2.37. The van der Waals surface area contributed by atoms with E-state index in [4.69, 9.17) is 9.47 Å². The smallest absolute Gasteiger partial charge is 0.269 e. The van der Waals surface area contributed by atoms with Crippen molar-refractivity contribution in [3.05, 3.63) is 69.8 Å². The normalized spacial score (nSPS) is 20.8. The number of hydrogen-bond acceptors (Lipinski definition) is 6. The van der Waals surface area contributed by atoms with Gasteiger partial charge in [-0.2, -0.15) is 0 Å². The van der Waals surface area contributed by atoms with Crippen LogP contribution < -0.4 is 4.74 Å². The molecule has 2 aliphatic rings. The molecule has 1 aliphatic carbocycles. The molecule has 1 aliphatic heterocycles. The molecule has 2 fully saturated rings. The average molecular weight is 496 g/mol. The molecule has 2 aromatic carbocycles.